The lowest BCUT2D eigenvalue weighted by Gasteiger charge is -2.20. The molecule has 0 saturated carbocycles. The van der Waals surface area contributed by atoms with Crippen molar-refractivity contribution in [3.63, 3.8) is 0 Å². The smallest absolute Gasteiger partial charge is 0.0831 e. The molecular weight excluding hydrogens is 176 g/mol. The van der Waals surface area contributed by atoms with E-state index >= 15 is 0 Å². The Morgan fingerprint density at radius 2 is 2.07 bits per heavy atom. The van der Waals surface area contributed by atoms with Crippen molar-refractivity contribution in [1.29, 1.82) is 0 Å². The zero-order valence-electron chi connectivity index (χ0n) is 8.56. The van der Waals surface area contributed by atoms with Crippen LogP contribution in [0.15, 0.2) is 24.5 Å². The third-order valence-corrected chi connectivity index (χ3v) is 2.46. The highest BCUT2D eigenvalue weighted by atomic mass is 16.3. The molecule has 0 aliphatic heterocycles. The van der Waals surface area contributed by atoms with Gasteiger partial charge >= 0.3 is 0 Å². The van der Waals surface area contributed by atoms with E-state index in [-0.39, 0.29) is 5.92 Å². The highest BCUT2D eigenvalue weighted by Crippen LogP contribution is 2.24. The molecule has 0 spiro atoms. The van der Waals surface area contributed by atoms with Gasteiger partial charge in [0.2, 0.25) is 0 Å². The van der Waals surface area contributed by atoms with Gasteiger partial charge in [0, 0.05) is 18.3 Å². The van der Waals surface area contributed by atoms with Gasteiger partial charge in [0.05, 0.1) is 6.10 Å². The fourth-order valence-electron chi connectivity index (χ4n) is 1.61. The number of aromatic nitrogens is 1. The van der Waals surface area contributed by atoms with Crippen LogP contribution in [-0.4, -0.2) is 16.6 Å². The molecule has 0 fully saturated rings. The van der Waals surface area contributed by atoms with E-state index in [1.54, 1.807) is 12.4 Å². The second-order valence-corrected chi connectivity index (χ2v) is 3.51. The van der Waals surface area contributed by atoms with Crippen molar-refractivity contribution in [3.05, 3.63) is 30.1 Å². The van der Waals surface area contributed by atoms with Crippen LogP contribution in [0.4, 0.5) is 0 Å². The van der Waals surface area contributed by atoms with E-state index in [9.17, 15) is 5.11 Å². The normalized spacial score (nSPS) is 15.1. The summed E-state index contributed by atoms with van der Waals surface area (Å²) in [5.41, 5.74) is 6.53. The van der Waals surface area contributed by atoms with Crippen molar-refractivity contribution in [2.75, 3.05) is 6.54 Å². The first-order chi connectivity index (χ1) is 6.79. The van der Waals surface area contributed by atoms with E-state index in [2.05, 4.69) is 11.9 Å². The molecule has 0 aliphatic rings. The van der Waals surface area contributed by atoms with Crippen molar-refractivity contribution in [2.24, 2.45) is 11.7 Å². The molecule has 3 N–H and O–H groups in total. The average molecular weight is 194 g/mol. The minimum atomic E-state index is -0.456. The van der Waals surface area contributed by atoms with E-state index in [0.717, 1.165) is 18.4 Å². The maximum Gasteiger partial charge on any atom is 0.0831 e. The maximum atomic E-state index is 10.0. The van der Waals surface area contributed by atoms with Crippen LogP contribution in [0.2, 0.25) is 0 Å². The van der Waals surface area contributed by atoms with Crippen LogP contribution >= 0.6 is 0 Å². The number of nitrogens with zero attached hydrogens (tertiary/aromatic N) is 1. The highest BCUT2D eigenvalue weighted by molar-refractivity contribution is 5.13. The summed E-state index contributed by atoms with van der Waals surface area (Å²) in [5, 5.41) is 10.0. The van der Waals surface area contributed by atoms with Crippen molar-refractivity contribution in [3.8, 4) is 0 Å². The van der Waals surface area contributed by atoms with Gasteiger partial charge < -0.3 is 10.8 Å². The summed E-state index contributed by atoms with van der Waals surface area (Å²) in [5.74, 6) is 0.155. The lowest BCUT2D eigenvalue weighted by Crippen LogP contribution is -2.21. The molecule has 0 amide bonds. The van der Waals surface area contributed by atoms with E-state index in [0.29, 0.717) is 6.54 Å². The Labute approximate surface area is 85.0 Å². The number of aliphatic hydroxyl groups excluding tert-OH is 1. The Morgan fingerprint density at radius 1 is 1.43 bits per heavy atom. The molecule has 1 rings (SSSR count). The van der Waals surface area contributed by atoms with Crippen molar-refractivity contribution >= 4 is 0 Å². The number of aliphatic hydroxyl groups is 1. The molecular formula is C11H18N2O. The second kappa shape index (κ2) is 5.73. The molecule has 2 atom stereocenters. The summed E-state index contributed by atoms with van der Waals surface area (Å²) < 4.78 is 0. The van der Waals surface area contributed by atoms with Gasteiger partial charge in [-0.1, -0.05) is 13.3 Å². The molecule has 1 aromatic heterocycles. The summed E-state index contributed by atoms with van der Waals surface area (Å²) >= 11 is 0. The lowest BCUT2D eigenvalue weighted by atomic mass is 9.92. The van der Waals surface area contributed by atoms with Crippen molar-refractivity contribution in [1.82, 2.24) is 4.98 Å². The van der Waals surface area contributed by atoms with Crippen LogP contribution in [0.3, 0.4) is 0 Å². The van der Waals surface area contributed by atoms with E-state index in [4.69, 9.17) is 5.73 Å². The summed E-state index contributed by atoms with van der Waals surface area (Å²) in [7, 11) is 0. The van der Waals surface area contributed by atoms with Crippen LogP contribution in [-0.2, 0) is 0 Å². The van der Waals surface area contributed by atoms with Crippen LogP contribution < -0.4 is 5.73 Å². The molecule has 14 heavy (non-hydrogen) atoms. The summed E-state index contributed by atoms with van der Waals surface area (Å²) in [6.45, 7) is 2.62. The van der Waals surface area contributed by atoms with E-state index < -0.39 is 6.10 Å². The summed E-state index contributed by atoms with van der Waals surface area (Å²) in [6, 6.07) is 3.67. The Kier molecular flexibility index (Phi) is 4.56. The number of nitrogens with two attached hydrogens (primary N) is 1. The van der Waals surface area contributed by atoms with Gasteiger partial charge in [-0.05, 0) is 30.7 Å². The lowest BCUT2D eigenvalue weighted by molar-refractivity contribution is 0.106. The minimum Gasteiger partial charge on any atom is -0.388 e. The monoisotopic (exact) mass is 194 g/mol. The summed E-state index contributed by atoms with van der Waals surface area (Å²) in [6.07, 6.45) is 4.93. The van der Waals surface area contributed by atoms with Gasteiger partial charge in [-0.2, -0.15) is 0 Å². The SMILES string of the molecule is CCCC(CN)C(O)c1ccncc1. The van der Waals surface area contributed by atoms with Gasteiger partial charge in [0.25, 0.3) is 0 Å². The predicted molar refractivity (Wildman–Crippen MR) is 56.6 cm³/mol. The first-order valence-corrected chi connectivity index (χ1v) is 5.07. The number of rotatable bonds is 5. The Bertz CT molecular complexity index is 251. The number of pyridine rings is 1. The minimum absolute atomic E-state index is 0.155. The number of hydrogen-bond donors (Lipinski definition) is 2. The molecule has 0 aromatic carbocycles. The molecule has 78 valence electrons. The average Bonchev–Trinajstić information content (AvgIpc) is 2.26. The second-order valence-electron chi connectivity index (χ2n) is 3.51. The van der Waals surface area contributed by atoms with Crippen molar-refractivity contribution in [2.45, 2.75) is 25.9 Å². The third-order valence-electron chi connectivity index (χ3n) is 2.46. The largest absolute Gasteiger partial charge is 0.388 e. The van der Waals surface area contributed by atoms with Crippen LogP contribution in [0.25, 0.3) is 0 Å². The standard InChI is InChI=1S/C11H18N2O/c1-2-3-10(8-12)11(14)9-4-6-13-7-5-9/h4-7,10-11,14H,2-3,8,12H2,1H3. The first-order valence-electron chi connectivity index (χ1n) is 5.07. The van der Waals surface area contributed by atoms with E-state index in [1.807, 2.05) is 12.1 Å². The molecule has 2 unspecified atom stereocenters. The Hall–Kier alpha value is -0.930. The molecule has 0 bridgehead atoms. The molecule has 3 heteroatoms. The van der Waals surface area contributed by atoms with Gasteiger partial charge in [-0.3, -0.25) is 4.98 Å². The van der Waals surface area contributed by atoms with Crippen molar-refractivity contribution < 1.29 is 5.11 Å². The van der Waals surface area contributed by atoms with E-state index in [1.165, 1.54) is 0 Å². The zero-order chi connectivity index (χ0) is 10.4. The maximum absolute atomic E-state index is 10.0. The number of hydrogen-bond acceptors (Lipinski definition) is 3. The van der Waals surface area contributed by atoms with Crippen LogP contribution in [0.5, 0.6) is 0 Å². The van der Waals surface area contributed by atoms with Gasteiger partial charge in [0.1, 0.15) is 0 Å². The van der Waals surface area contributed by atoms with Gasteiger partial charge in [0.15, 0.2) is 0 Å². The molecule has 1 heterocycles. The topological polar surface area (TPSA) is 59.1 Å². The molecule has 0 aliphatic carbocycles. The summed E-state index contributed by atoms with van der Waals surface area (Å²) in [4.78, 5) is 3.92. The van der Waals surface area contributed by atoms with Crippen LogP contribution in [0, 0.1) is 5.92 Å². The molecule has 0 saturated heterocycles. The first kappa shape index (κ1) is 11.1. The molecule has 1 aromatic rings. The highest BCUT2D eigenvalue weighted by Gasteiger charge is 2.18. The molecule has 3 nitrogen and oxygen atoms in total. The van der Waals surface area contributed by atoms with Gasteiger partial charge in [-0.25, -0.2) is 0 Å². The Balaban J connectivity index is 2.67. The third kappa shape index (κ3) is 2.79. The van der Waals surface area contributed by atoms with Gasteiger partial charge in [-0.15, -0.1) is 0 Å². The fraction of sp³-hybridized carbons (Fsp3) is 0.545. The quantitative estimate of drug-likeness (QED) is 0.746. The van der Waals surface area contributed by atoms with Crippen LogP contribution in [0.1, 0.15) is 31.4 Å². The molecule has 0 radical (unpaired) electrons. The zero-order valence-corrected chi connectivity index (χ0v) is 8.56. The Morgan fingerprint density at radius 3 is 2.57 bits per heavy atom. The fourth-order valence-corrected chi connectivity index (χ4v) is 1.61. The predicted octanol–water partition coefficient (Wildman–Crippen LogP) is 1.49.